The van der Waals surface area contributed by atoms with E-state index in [-0.39, 0.29) is 23.7 Å². The molecule has 0 unspecified atom stereocenters. The number of allylic oxidation sites excluding steroid dienone is 2. The van der Waals surface area contributed by atoms with Gasteiger partial charge in [0.05, 0.1) is 11.3 Å². The number of rotatable bonds is 4. The molecule has 1 heterocycles. The lowest BCUT2D eigenvalue weighted by atomic mass is 9.46. The highest BCUT2D eigenvalue weighted by Gasteiger charge is 2.62. The first-order valence-corrected chi connectivity index (χ1v) is 12.7. The normalized spacial score (nSPS) is 42.7. The lowest BCUT2D eigenvalue weighted by Crippen LogP contribution is -2.53. The fourth-order valence-electron chi connectivity index (χ4n) is 7.84. The van der Waals surface area contributed by atoms with Gasteiger partial charge in [-0.3, -0.25) is 9.59 Å². The first-order chi connectivity index (χ1) is 16.0. The van der Waals surface area contributed by atoms with Gasteiger partial charge in [-0.1, -0.05) is 24.6 Å². The summed E-state index contributed by atoms with van der Waals surface area (Å²) in [4.78, 5) is 45.1. The Bertz CT molecular complexity index is 954. The number of amides is 2. The third-order valence-electron chi connectivity index (χ3n) is 10.1. The van der Waals surface area contributed by atoms with Crippen LogP contribution in [-0.2, 0) is 24.1 Å². The molecule has 1 aliphatic heterocycles. The molecule has 0 aromatic rings. The van der Waals surface area contributed by atoms with Crippen LogP contribution in [0.2, 0.25) is 0 Å². The van der Waals surface area contributed by atoms with Crippen LogP contribution in [0.4, 0.5) is 0 Å². The fraction of sp³-hybridized carbons (Fsp3) is 0.769. The molecule has 2 amide bonds. The molecule has 1 saturated heterocycles. The monoisotopic (exact) mass is 472 g/mol. The minimum Gasteiger partial charge on any atom is -0.390 e. The fourth-order valence-corrected chi connectivity index (χ4v) is 7.84. The number of aliphatic hydroxyl groups is 1. The molecule has 8 heteroatoms. The lowest BCUT2D eigenvalue weighted by Gasteiger charge is -2.59. The summed E-state index contributed by atoms with van der Waals surface area (Å²) in [6, 6.07) is 0. The van der Waals surface area contributed by atoms with Gasteiger partial charge in [-0.15, -0.1) is 5.06 Å². The van der Waals surface area contributed by atoms with Gasteiger partial charge < -0.3 is 14.8 Å². The highest BCUT2D eigenvalue weighted by molar-refractivity contribution is 6.01. The maximum absolute atomic E-state index is 11.9. The van der Waals surface area contributed by atoms with Crippen molar-refractivity contribution in [2.45, 2.75) is 90.6 Å². The van der Waals surface area contributed by atoms with Crippen molar-refractivity contribution in [3.63, 3.8) is 0 Å². The Hall–Kier alpha value is -2.22. The van der Waals surface area contributed by atoms with Crippen molar-refractivity contribution in [1.82, 2.24) is 5.06 Å². The summed E-state index contributed by atoms with van der Waals surface area (Å²) in [6.07, 6.45) is 10.5. The van der Waals surface area contributed by atoms with E-state index < -0.39 is 30.0 Å². The number of carbonyl (C=O) groups is 3. The maximum atomic E-state index is 11.9. The maximum Gasteiger partial charge on any atom is 0.373 e. The molecule has 5 aliphatic rings. The third kappa shape index (κ3) is 3.60. The van der Waals surface area contributed by atoms with Crippen LogP contribution in [0.15, 0.2) is 16.8 Å². The number of hydroxylamine groups is 2. The molecular weight excluding hydrogens is 436 g/mol. The Balaban J connectivity index is 1.22. The molecule has 0 radical (unpaired) electrons. The molecule has 5 rings (SSSR count). The molecule has 6 atom stereocenters. The number of hydrogen-bond acceptors (Lipinski definition) is 7. The largest absolute Gasteiger partial charge is 0.390 e. The second-order valence-electron chi connectivity index (χ2n) is 11.7. The van der Waals surface area contributed by atoms with Gasteiger partial charge in [-0.05, 0) is 93.0 Å². The van der Waals surface area contributed by atoms with Gasteiger partial charge in [0.25, 0.3) is 11.8 Å². The second-order valence-corrected chi connectivity index (χ2v) is 11.7. The van der Waals surface area contributed by atoms with Crippen LogP contribution in [0.1, 0.15) is 85.0 Å². The first kappa shape index (κ1) is 23.5. The standard InChI is InChI=1S/C26H36N2O6/c1-24-11-8-17(27-33-15-23(31)34-28-21(29)6-7-22(28)30)14-16(24)4-5-18-19(24)9-12-25(2)20(18)10-13-26(25,3)32/h14,18-20,32H,4-13,15H2,1-3H3/b27-17+/t18-,19+,20+,24+,25+,26+/m1/s1. The Morgan fingerprint density at radius 3 is 2.47 bits per heavy atom. The van der Waals surface area contributed by atoms with Crippen molar-refractivity contribution >= 4 is 23.5 Å². The number of hydrogen-bond donors (Lipinski definition) is 1. The number of fused-ring (bicyclic) bond motifs is 5. The van der Waals surface area contributed by atoms with Crippen LogP contribution in [-0.4, -0.2) is 45.9 Å². The number of nitrogens with zero attached hydrogens (tertiary/aromatic N) is 2. The Labute approximate surface area is 200 Å². The minimum absolute atomic E-state index is 0.0276. The van der Waals surface area contributed by atoms with Gasteiger partial charge in [0, 0.05) is 12.8 Å². The van der Waals surface area contributed by atoms with Gasteiger partial charge in [-0.25, -0.2) is 4.79 Å². The highest BCUT2D eigenvalue weighted by Crippen LogP contribution is 2.67. The van der Waals surface area contributed by atoms with E-state index in [9.17, 15) is 19.5 Å². The molecule has 0 spiro atoms. The van der Waals surface area contributed by atoms with E-state index in [0.717, 1.165) is 57.1 Å². The van der Waals surface area contributed by atoms with E-state index in [0.29, 0.717) is 22.8 Å². The van der Waals surface area contributed by atoms with E-state index in [1.54, 1.807) is 0 Å². The zero-order valence-electron chi connectivity index (χ0n) is 20.5. The Morgan fingerprint density at radius 2 is 1.74 bits per heavy atom. The summed E-state index contributed by atoms with van der Waals surface area (Å²) in [6.45, 7) is 6.32. The third-order valence-corrected chi connectivity index (χ3v) is 10.1. The predicted octanol–water partition coefficient (Wildman–Crippen LogP) is 3.68. The molecule has 4 aliphatic carbocycles. The van der Waals surface area contributed by atoms with E-state index in [2.05, 4.69) is 25.1 Å². The van der Waals surface area contributed by atoms with Crippen molar-refractivity contribution in [3.8, 4) is 0 Å². The molecule has 186 valence electrons. The molecule has 1 N–H and O–H groups in total. The summed E-state index contributed by atoms with van der Waals surface area (Å²) >= 11 is 0. The van der Waals surface area contributed by atoms with Gasteiger partial charge in [0.15, 0.2) is 0 Å². The molecule has 0 aromatic heterocycles. The average molecular weight is 473 g/mol. The van der Waals surface area contributed by atoms with E-state index >= 15 is 0 Å². The summed E-state index contributed by atoms with van der Waals surface area (Å²) in [5.41, 5.74) is 1.86. The number of carbonyl (C=O) groups excluding carboxylic acids is 3. The van der Waals surface area contributed by atoms with Crippen LogP contribution in [0.25, 0.3) is 0 Å². The molecule has 3 saturated carbocycles. The summed E-state index contributed by atoms with van der Waals surface area (Å²) < 4.78 is 0. The zero-order valence-corrected chi connectivity index (χ0v) is 20.5. The summed E-state index contributed by atoms with van der Waals surface area (Å²) in [5, 5.41) is 15.8. The predicted molar refractivity (Wildman–Crippen MR) is 123 cm³/mol. The van der Waals surface area contributed by atoms with Gasteiger partial charge in [-0.2, -0.15) is 0 Å². The van der Waals surface area contributed by atoms with E-state index in [4.69, 9.17) is 9.68 Å². The summed E-state index contributed by atoms with van der Waals surface area (Å²) in [7, 11) is 0. The molecular formula is C26H36N2O6. The van der Waals surface area contributed by atoms with Crippen LogP contribution in [0, 0.1) is 28.6 Å². The molecule has 0 aromatic carbocycles. The Morgan fingerprint density at radius 1 is 1.03 bits per heavy atom. The molecule has 4 fully saturated rings. The van der Waals surface area contributed by atoms with E-state index in [1.807, 2.05) is 6.92 Å². The topological polar surface area (TPSA) is 106 Å². The van der Waals surface area contributed by atoms with Crippen LogP contribution >= 0.6 is 0 Å². The number of imide groups is 1. The molecule has 8 nitrogen and oxygen atoms in total. The molecule has 0 bridgehead atoms. The first-order valence-electron chi connectivity index (χ1n) is 12.7. The lowest BCUT2D eigenvalue weighted by molar-refractivity contribution is -0.200. The van der Waals surface area contributed by atoms with Crippen molar-refractivity contribution < 1.29 is 29.2 Å². The van der Waals surface area contributed by atoms with Crippen molar-refractivity contribution in [2.24, 2.45) is 33.7 Å². The van der Waals surface area contributed by atoms with Crippen molar-refractivity contribution in [1.29, 1.82) is 0 Å². The van der Waals surface area contributed by atoms with Crippen molar-refractivity contribution in [2.75, 3.05) is 6.61 Å². The Kier molecular flexibility index (Phi) is 5.66. The quantitative estimate of drug-likeness (QED) is 0.494. The number of oxime groups is 1. The van der Waals surface area contributed by atoms with Gasteiger partial charge >= 0.3 is 5.97 Å². The zero-order chi connectivity index (χ0) is 24.3. The highest BCUT2D eigenvalue weighted by atomic mass is 16.7. The van der Waals surface area contributed by atoms with Crippen LogP contribution in [0.3, 0.4) is 0 Å². The SMILES string of the molecule is C[C@]12CC/C(=N\OCC(=O)ON3C(=O)CCC3=O)C=C1CC[C@@H]1[C@@H]2CC[C@@]2(C)[C@H]1CC[C@]2(C)O. The van der Waals surface area contributed by atoms with E-state index in [1.165, 1.54) is 5.57 Å². The van der Waals surface area contributed by atoms with Crippen LogP contribution in [0.5, 0.6) is 0 Å². The summed E-state index contributed by atoms with van der Waals surface area (Å²) in [5.74, 6) is 0.0438. The smallest absolute Gasteiger partial charge is 0.373 e. The van der Waals surface area contributed by atoms with Gasteiger partial charge in [0.1, 0.15) is 0 Å². The average Bonchev–Trinajstić information content (AvgIpc) is 3.23. The minimum atomic E-state index is -0.820. The van der Waals surface area contributed by atoms with Crippen LogP contribution < -0.4 is 0 Å². The van der Waals surface area contributed by atoms with Gasteiger partial charge in [0.2, 0.25) is 6.61 Å². The second kappa shape index (κ2) is 8.18. The van der Waals surface area contributed by atoms with Crippen molar-refractivity contribution in [3.05, 3.63) is 11.6 Å². The molecule has 34 heavy (non-hydrogen) atoms.